The number of halogens is 6. The molecular weight excluding hydrogens is 546 g/mol. The highest BCUT2D eigenvalue weighted by Gasteiger charge is 2.51. The fraction of sp³-hybridized carbons (Fsp3) is 0.333. The minimum absolute atomic E-state index is 0.479. The van der Waals surface area contributed by atoms with Crippen molar-refractivity contribution >= 4 is 47.2 Å². The summed E-state index contributed by atoms with van der Waals surface area (Å²) in [5, 5.41) is 0.959. The topological polar surface area (TPSA) is 86.7 Å². The summed E-state index contributed by atoms with van der Waals surface area (Å²) in [6.45, 7) is 5.58. The second-order valence-corrected chi connectivity index (χ2v) is 19.0. The van der Waals surface area contributed by atoms with Gasteiger partial charge in [-0.05, 0) is 36.6 Å². The third kappa shape index (κ3) is 8.19. The Kier molecular flexibility index (Phi) is 9.35. The Bertz CT molecular complexity index is 1060. The Morgan fingerprint density at radius 1 is 0.559 bits per heavy atom. The lowest BCUT2D eigenvalue weighted by Gasteiger charge is -2.23. The lowest BCUT2D eigenvalue weighted by Crippen LogP contribution is -2.48. The van der Waals surface area contributed by atoms with Crippen LogP contribution in [0.15, 0.2) is 60.7 Å². The van der Waals surface area contributed by atoms with Crippen molar-refractivity contribution in [3.05, 3.63) is 60.7 Å². The molecule has 2 aromatic carbocycles. The van der Waals surface area contributed by atoms with Crippen molar-refractivity contribution in [1.82, 2.24) is 0 Å². The summed E-state index contributed by atoms with van der Waals surface area (Å²) in [5.41, 5.74) is -10.8. The summed E-state index contributed by atoms with van der Waals surface area (Å²) >= 11 is 0. The van der Waals surface area contributed by atoms with Gasteiger partial charge in [0.15, 0.2) is 0 Å². The molecule has 2 aromatic rings. The standard InChI is InChI=1S/2C9H11F3O3SSi/c2*1-17(2,8-6-4-3-5-7-8)15-16(13,14)9(10,11)12/h2*3-7H,1-2H3. The zero-order valence-electron chi connectivity index (χ0n) is 18.3. The first kappa shape index (κ1) is 30.3. The first-order chi connectivity index (χ1) is 15.1. The highest BCUT2D eigenvalue weighted by Crippen LogP contribution is 2.28. The van der Waals surface area contributed by atoms with E-state index >= 15 is 0 Å². The quantitative estimate of drug-likeness (QED) is 0.298. The number of alkyl halides is 6. The summed E-state index contributed by atoms with van der Waals surface area (Å²) in [6, 6.07) is 16.1. The smallest absolute Gasteiger partial charge is 0.303 e. The van der Waals surface area contributed by atoms with E-state index in [1.165, 1.54) is 26.2 Å². The van der Waals surface area contributed by atoms with Gasteiger partial charge in [0.05, 0.1) is 0 Å². The molecule has 2 rings (SSSR count). The Labute approximate surface area is 196 Å². The van der Waals surface area contributed by atoms with Gasteiger partial charge in [-0.3, -0.25) is 0 Å². The van der Waals surface area contributed by atoms with Crippen molar-refractivity contribution in [2.75, 3.05) is 0 Å². The van der Waals surface area contributed by atoms with E-state index in [0.717, 1.165) is 0 Å². The van der Waals surface area contributed by atoms with E-state index in [1.54, 1.807) is 60.7 Å². The number of hydrogen-bond donors (Lipinski definition) is 0. The fourth-order valence-electron chi connectivity index (χ4n) is 2.42. The Balaban J connectivity index is 0.000000340. The molecule has 0 unspecified atom stereocenters. The molecule has 0 N–H and O–H groups in total. The van der Waals surface area contributed by atoms with E-state index in [0.29, 0.717) is 10.4 Å². The van der Waals surface area contributed by atoms with Crippen LogP contribution in [-0.2, 0) is 28.0 Å². The van der Waals surface area contributed by atoms with Gasteiger partial charge < -0.3 is 7.74 Å². The predicted octanol–water partition coefficient (Wildman–Crippen LogP) is 3.93. The van der Waals surface area contributed by atoms with Crippen LogP contribution in [0.4, 0.5) is 26.3 Å². The molecule has 192 valence electrons. The van der Waals surface area contributed by atoms with E-state index in [4.69, 9.17) is 0 Å². The van der Waals surface area contributed by atoms with Gasteiger partial charge in [-0.2, -0.15) is 43.2 Å². The van der Waals surface area contributed by atoms with Crippen molar-refractivity contribution in [3.63, 3.8) is 0 Å². The first-order valence-electron chi connectivity index (χ1n) is 9.27. The van der Waals surface area contributed by atoms with Gasteiger partial charge in [-0.15, -0.1) is 0 Å². The largest absolute Gasteiger partial charge is 0.522 e. The molecule has 0 saturated carbocycles. The summed E-state index contributed by atoms with van der Waals surface area (Å²) in [7, 11) is -17.3. The van der Waals surface area contributed by atoms with E-state index in [2.05, 4.69) is 7.74 Å². The molecule has 0 fully saturated rings. The van der Waals surface area contributed by atoms with Gasteiger partial charge in [0.2, 0.25) is 16.6 Å². The van der Waals surface area contributed by atoms with Crippen LogP contribution in [0.25, 0.3) is 0 Å². The highest BCUT2D eigenvalue weighted by molar-refractivity contribution is 7.89. The second kappa shape index (κ2) is 10.5. The molecule has 0 heterocycles. The van der Waals surface area contributed by atoms with E-state index in [-0.39, 0.29) is 0 Å². The molecule has 0 bridgehead atoms. The third-order valence-corrected chi connectivity index (χ3v) is 13.8. The second-order valence-electron chi connectivity index (χ2n) is 7.72. The molecule has 0 radical (unpaired) electrons. The molecule has 0 aliphatic carbocycles. The van der Waals surface area contributed by atoms with Crippen LogP contribution < -0.4 is 10.4 Å². The summed E-state index contributed by atoms with van der Waals surface area (Å²) in [5.74, 6) is 0. The van der Waals surface area contributed by atoms with E-state index < -0.39 is 47.9 Å². The Hall–Kier alpha value is -1.73. The van der Waals surface area contributed by atoms with Crippen molar-refractivity contribution in [1.29, 1.82) is 0 Å². The van der Waals surface area contributed by atoms with Gasteiger partial charge in [0.1, 0.15) is 0 Å². The zero-order valence-corrected chi connectivity index (χ0v) is 21.9. The Morgan fingerprint density at radius 2 is 0.794 bits per heavy atom. The average molecular weight is 569 g/mol. The minimum Gasteiger partial charge on any atom is -0.303 e. The van der Waals surface area contributed by atoms with Crippen LogP contribution in [-0.4, -0.2) is 44.5 Å². The number of hydrogen-bond acceptors (Lipinski definition) is 6. The predicted molar refractivity (Wildman–Crippen MR) is 119 cm³/mol. The van der Waals surface area contributed by atoms with Gasteiger partial charge in [0, 0.05) is 0 Å². The van der Waals surface area contributed by atoms with Crippen LogP contribution in [0.3, 0.4) is 0 Å². The maximum atomic E-state index is 12.2. The lowest BCUT2D eigenvalue weighted by molar-refractivity contribution is -0.0507. The van der Waals surface area contributed by atoms with Crippen LogP contribution in [0.1, 0.15) is 0 Å². The maximum absolute atomic E-state index is 12.2. The third-order valence-electron chi connectivity index (χ3n) is 4.14. The maximum Gasteiger partial charge on any atom is 0.522 e. The molecule has 0 aliphatic rings. The highest BCUT2D eigenvalue weighted by atomic mass is 32.2. The van der Waals surface area contributed by atoms with Gasteiger partial charge in [-0.1, -0.05) is 60.7 Å². The van der Waals surface area contributed by atoms with Crippen molar-refractivity contribution < 1.29 is 50.9 Å². The van der Waals surface area contributed by atoms with Gasteiger partial charge >= 0.3 is 31.3 Å². The summed E-state index contributed by atoms with van der Waals surface area (Å²) in [6.07, 6.45) is 0. The normalized spacial score (nSPS) is 13.7. The molecule has 0 atom stereocenters. The average Bonchev–Trinajstić information content (AvgIpc) is 2.66. The number of benzene rings is 2. The van der Waals surface area contributed by atoms with Crippen molar-refractivity contribution in [3.8, 4) is 0 Å². The molecule has 0 amide bonds. The molecule has 0 spiro atoms. The van der Waals surface area contributed by atoms with Crippen LogP contribution in [0.5, 0.6) is 0 Å². The molecule has 0 aliphatic heterocycles. The van der Waals surface area contributed by atoms with Gasteiger partial charge in [-0.25, -0.2) is 0 Å². The summed E-state index contributed by atoms with van der Waals surface area (Å²) < 4.78 is 126. The van der Waals surface area contributed by atoms with Gasteiger partial charge in [0.25, 0.3) is 0 Å². The lowest BCUT2D eigenvalue weighted by atomic mass is 10.4. The van der Waals surface area contributed by atoms with Crippen LogP contribution in [0.2, 0.25) is 26.2 Å². The molecule has 16 heteroatoms. The molecule has 34 heavy (non-hydrogen) atoms. The molecule has 6 nitrogen and oxygen atoms in total. The minimum atomic E-state index is -5.54. The Morgan fingerprint density at radius 3 is 1.00 bits per heavy atom. The van der Waals surface area contributed by atoms with Crippen LogP contribution >= 0.6 is 0 Å². The molecule has 0 aromatic heterocycles. The van der Waals surface area contributed by atoms with E-state index in [1.807, 2.05) is 0 Å². The van der Waals surface area contributed by atoms with Crippen molar-refractivity contribution in [2.24, 2.45) is 0 Å². The number of rotatable bonds is 6. The SMILES string of the molecule is C[Si](C)(OS(=O)(=O)C(F)(F)F)c1ccccc1.C[Si](C)(OS(=O)(=O)C(F)(F)F)c1ccccc1. The van der Waals surface area contributed by atoms with Crippen LogP contribution in [0, 0.1) is 0 Å². The van der Waals surface area contributed by atoms with Crippen molar-refractivity contribution in [2.45, 2.75) is 37.2 Å². The fourth-order valence-corrected chi connectivity index (χ4v) is 10.3. The van der Waals surface area contributed by atoms with E-state index in [9.17, 15) is 43.2 Å². The monoisotopic (exact) mass is 568 g/mol. The summed E-state index contributed by atoms with van der Waals surface area (Å²) in [4.78, 5) is 0. The molecular formula is C18H22F6O6S2Si2. The molecule has 0 saturated heterocycles. The first-order valence-corrected chi connectivity index (χ1v) is 17.9. The zero-order chi connectivity index (χ0) is 26.6.